The van der Waals surface area contributed by atoms with Gasteiger partial charge in [0.05, 0.1) is 17.3 Å². The maximum Gasteiger partial charge on any atom is 0.255 e. The Morgan fingerprint density at radius 3 is 2.18 bits per heavy atom. The van der Waals surface area contributed by atoms with Crippen molar-refractivity contribution < 1.29 is 9.59 Å². The molecule has 196 valence electrons. The Bertz CT molecular complexity index is 1270. The molecule has 0 radical (unpaired) electrons. The van der Waals surface area contributed by atoms with E-state index >= 15 is 0 Å². The van der Waals surface area contributed by atoms with E-state index in [1.807, 2.05) is 4.90 Å². The molecule has 38 heavy (non-hydrogen) atoms. The zero-order valence-corrected chi connectivity index (χ0v) is 21.7. The van der Waals surface area contributed by atoms with Gasteiger partial charge < -0.3 is 10.6 Å². The number of carbonyl (C=O) groups is 2. The number of aromatic nitrogens is 4. The number of carbonyl (C=O) groups excluding carboxylic acids is 2. The second kappa shape index (κ2) is 12.7. The summed E-state index contributed by atoms with van der Waals surface area (Å²) in [6, 6.07) is 23.4. The number of rotatable bonds is 6. The Balaban J connectivity index is 0.000000360. The molecule has 3 heterocycles. The summed E-state index contributed by atoms with van der Waals surface area (Å²) >= 11 is 0. The van der Waals surface area contributed by atoms with Crippen LogP contribution in [0.3, 0.4) is 0 Å². The Morgan fingerprint density at radius 1 is 1.03 bits per heavy atom. The van der Waals surface area contributed by atoms with Gasteiger partial charge in [-0.3, -0.25) is 24.6 Å². The molecule has 1 atom stereocenters. The lowest BCUT2D eigenvalue weighted by molar-refractivity contribution is 0.0374. The number of Topliss-reactive ketones (excluding diaryl/α,β-unsaturated/α-hetero) is 1. The van der Waals surface area contributed by atoms with Crippen LogP contribution in [0.2, 0.25) is 0 Å². The molecule has 0 saturated carbocycles. The van der Waals surface area contributed by atoms with E-state index in [4.69, 9.17) is 5.73 Å². The average molecular weight is 512 g/mol. The molecule has 0 spiro atoms. The lowest BCUT2D eigenvalue weighted by Gasteiger charge is -2.45. The molecule has 9 nitrogen and oxygen atoms in total. The summed E-state index contributed by atoms with van der Waals surface area (Å²) in [5.74, 6) is 0.219. The fourth-order valence-electron chi connectivity index (χ4n) is 4.74. The standard InChI is InChI=1S/C25H28N4O.C4H5N3O/c1-2-23-18-28(25(30)21-15-22(26)17-27-16-21)13-14-29(23)24(19-9-5-3-6-10-19)20-11-7-4-8-12-20;1-3(8)4-5-2-6-7-4/h3-12,15-17,23-24H,2,13-14,18,26H2,1H3;2H,1H3,(H,5,6,7). The van der Waals surface area contributed by atoms with Crippen LogP contribution in [-0.4, -0.2) is 67.3 Å². The van der Waals surface area contributed by atoms with Gasteiger partial charge in [0.1, 0.15) is 6.33 Å². The smallest absolute Gasteiger partial charge is 0.255 e. The number of pyridine rings is 1. The number of nitrogens with zero attached hydrogens (tertiary/aromatic N) is 5. The van der Waals surface area contributed by atoms with Gasteiger partial charge in [0, 0.05) is 45.0 Å². The van der Waals surface area contributed by atoms with E-state index in [0.29, 0.717) is 30.2 Å². The molecule has 1 amide bonds. The number of hydrogen-bond donors (Lipinski definition) is 2. The van der Waals surface area contributed by atoms with E-state index in [1.165, 1.54) is 24.4 Å². The zero-order valence-electron chi connectivity index (χ0n) is 21.7. The number of amides is 1. The topological polar surface area (TPSA) is 121 Å². The molecule has 4 aromatic rings. The van der Waals surface area contributed by atoms with Crippen molar-refractivity contribution in [1.82, 2.24) is 30.0 Å². The minimum Gasteiger partial charge on any atom is -0.397 e. The number of aromatic amines is 1. The molecule has 1 fully saturated rings. The molecule has 9 heteroatoms. The number of nitrogens with two attached hydrogens (primary N) is 1. The summed E-state index contributed by atoms with van der Waals surface area (Å²) in [4.78, 5) is 35.6. The van der Waals surface area contributed by atoms with E-state index < -0.39 is 0 Å². The fourth-order valence-corrected chi connectivity index (χ4v) is 4.74. The third-order valence-electron chi connectivity index (χ3n) is 6.60. The molecule has 2 aromatic heterocycles. The van der Waals surface area contributed by atoms with Crippen molar-refractivity contribution in [3.8, 4) is 0 Å². The van der Waals surface area contributed by atoms with E-state index in [2.05, 4.69) is 92.7 Å². The third-order valence-corrected chi connectivity index (χ3v) is 6.60. The Morgan fingerprint density at radius 2 is 1.68 bits per heavy atom. The van der Waals surface area contributed by atoms with Gasteiger partial charge in [0.2, 0.25) is 0 Å². The first kappa shape index (κ1) is 26.7. The van der Waals surface area contributed by atoms with Crippen LogP contribution in [0.1, 0.15) is 58.4 Å². The van der Waals surface area contributed by atoms with Crippen LogP contribution < -0.4 is 5.73 Å². The SMILES string of the molecule is CC(=O)c1ncn[nH]1.CCC1CN(C(=O)c2cncc(N)c2)CCN1C(c1ccccc1)c1ccccc1. The van der Waals surface area contributed by atoms with E-state index in [-0.39, 0.29) is 23.8 Å². The summed E-state index contributed by atoms with van der Waals surface area (Å²) in [7, 11) is 0. The number of benzene rings is 2. The summed E-state index contributed by atoms with van der Waals surface area (Å²) < 4.78 is 0. The van der Waals surface area contributed by atoms with Crippen LogP contribution in [-0.2, 0) is 0 Å². The maximum atomic E-state index is 13.0. The zero-order chi connectivity index (χ0) is 26.9. The van der Waals surface area contributed by atoms with Crippen molar-refractivity contribution in [2.75, 3.05) is 25.4 Å². The predicted molar refractivity (Wildman–Crippen MR) is 146 cm³/mol. The van der Waals surface area contributed by atoms with Gasteiger partial charge in [-0.1, -0.05) is 67.6 Å². The largest absolute Gasteiger partial charge is 0.397 e. The number of nitrogens with one attached hydrogen (secondary N) is 1. The van der Waals surface area contributed by atoms with Crippen LogP contribution in [0.15, 0.2) is 85.5 Å². The number of ketones is 1. The Labute approximate surface area is 222 Å². The summed E-state index contributed by atoms with van der Waals surface area (Å²) in [6.45, 7) is 5.82. The van der Waals surface area contributed by atoms with Gasteiger partial charge in [-0.05, 0) is 23.6 Å². The van der Waals surface area contributed by atoms with Crippen molar-refractivity contribution in [2.45, 2.75) is 32.4 Å². The number of hydrogen-bond acceptors (Lipinski definition) is 7. The van der Waals surface area contributed by atoms with Crippen LogP contribution in [0.5, 0.6) is 0 Å². The Hall–Kier alpha value is -4.37. The van der Waals surface area contributed by atoms with Gasteiger partial charge in [-0.15, -0.1) is 0 Å². The highest BCUT2D eigenvalue weighted by molar-refractivity contribution is 5.94. The molecule has 1 aliphatic rings. The molecule has 0 aliphatic carbocycles. The number of H-pyrrole nitrogens is 1. The van der Waals surface area contributed by atoms with Crippen LogP contribution in [0.4, 0.5) is 5.69 Å². The maximum absolute atomic E-state index is 13.0. The van der Waals surface area contributed by atoms with Crippen molar-refractivity contribution in [1.29, 1.82) is 0 Å². The molecule has 0 bridgehead atoms. The summed E-state index contributed by atoms with van der Waals surface area (Å²) in [5.41, 5.74) is 9.46. The van der Waals surface area contributed by atoms with E-state index in [0.717, 1.165) is 13.0 Å². The molecule has 1 aliphatic heterocycles. The quantitative estimate of drug-likeness (QED) is 0.375. The van der Waals surface area contributed by atoms with Gasteiger partial charge in [0.25, 0.3) is 5.91 Å². The van der Waals surface area contributed by atoms with Crippen molar-refractivity contribution >= 4 is 17.4 Å². The third kappa shape index (κ3) is 6.49. The Kier molecular flexibility index (Phi) is 8.94. The van der Waals surface area contributed by atoms with Crippen LogP contribution in [0.25, 0.3) is 0 Å². The highest BCUT2D eigenvalue weighted by Gasteiger charge is 2.34. The molecule has 3 N–H and O–H groups in total. The fraction of sp³-hybridized carbons (Fsp3) is 0.276. The van der Waals surface area contributed by atoms with Gasteiger partial charge in [-0.2, -0.15) is 5.10 Å². The van der Waals surface area contributed by atoms with E-state index in [9.17, 15) is 9.59 Å². The molecule has 1 saturated heterocycles. The number of nitrogen functional groups attached to an aromatic ring is 1. The molecular formula is C29H33N7O2. The summed E-state index contributed by atoms with van der Waals surface area (Å²) in [5, 5.41) is 5.91. The van der Waals surface area contributed by atoms with E-state index in [1.54, 1.807) is 18.5 Å². The first-order valence-electron chi connectivity index (χ1n) is 12.7. The minimum absolute atomic E-state index is 0.00359. The minimum atomic E-state index is -0.0949. The molecule has 1 unspecified atom stereocenters. The predicted octanol–water partition coefficient (Wildman–Crippen LogP) is 4.00. The monoisotopic (exact) mass is 511 g/mol. The van der Waals surface area contributed by atoms with Crippen LogP contribution >= 0.6 is 0 Å². The van der Waals surface area contributed by atoms with Crippen molar-refractivity contribution in [3.63, 3.8) is 0 Å². The molecule has 5 rings (SSSR count). The lowest BCUT2D eigenvalue weighted by Crippen LogP contribution is -2.55. The van der Waals surface area contributed by atoms with Crippen molar-refractivity contribution in [3.05, 3.63) is 108 Å². The summed E-state index contributed by atoms with van der Waals surface area (Å²) in [6.07, 6.45) is 5.43. The highest BCUT2D eigenvalue weighted by atomic mass is 16.2. The molecular weight excluding hydrogens is 478 g/mol. The van der Waals surface area contributed by atoms with Crippen LogP contribution in [0, 0.1) is 0 Å². The number of anilines is 1. The second-order valence-electron chi connectivity index (χ2n) is 9.17. The van der Waals surface area contributed by atoms with Gasteiger partial charge >= 0.3 is 0 Å². The first-order valence-corrected chi connectivity index (χ1v) is 12.7. The number of piperazine rings is 1. The van der Waals surface area contributed by atoms with Crippen molar-refractivity contribution in [2.24, 2.45) is 0 Å². The highest BCUT2D eigenvalue weighted by Crippen LogP contribution is 2.33. The van der Waals surface area contributed by atoms with Gasteiger partial charge in [0.15, 0.2) is 11.6 Å². The lowest BCUT2D eigenvalue weighted by atomic mass is 9.93. The normalized spacial score (nSPS) is 15.6. The van der Waals surface area contributed by atoms with Gasteiger partial charge in [-0.25, -0.2) is 4.98 Å². The first-order chi connectivity index (χ1) is 18.5. The molecule has 2 aromatic carbocycles. The second-order valence-corrected chi connectivity index (χ2v) is 9.17. The average Bonchev–Trinajstić information content (AvgIpc) is 3.50.